The summed E-state index contributed by atoms with van der Waals surface area (Å²) in [6.07, 6.45) is 1.90. The number of hydrogen-bond donors (Lipinski definition) is 3. The van der Waals surface area contributed by atoms with E-state index in [0.29, 0.717) is 34.9 Å². The number of carbonyl (C=O) groups excluding carboxylic acids is 4. The highest BCUT2D eigenvalue weighted by Crippen LogP contribution is 2.40. The molecule has 4 aromatic rings. The Labute approximate surface area is 263 Å². The topological polar surface area (TPSA) is 204 Å². The number of aryl methyl sites for hydroxylation is 2. The van der Waals surface area contributed by atoms with Crippen LogP contribution in [0, 0.1) is 0 Å². The van der Waals surface area contributed by atoms with Crippen LogP contribution in [0.4, 0.5) is 5.82 Å². The van der Waals surface area contributed by atoms with Gasteiger partial charge in [-0.2, -0.15) is 0 Å². The minimum Gasteiger partial charge on any atom is -0.404 e. The standard InChI is InChI=1S/C31H34N5O9P/c1-2-3-8-25-34-29-30(22-6-4-5-7-23(22)33-31(29)32)35(25)18-19-9-13-24(45-46(41,42)43)20(17-19)10-11-21(37)12-16-28(40)44-36-26(38)14-15-27(36)39/h4-7,9,13,17H,2-3,8,10-12,14-16,18H2,1H3,(H2,32,33)(H2,41,42,43). The summed E-state index contributed by atoms with van der Waals surface area (Å²) in [5.74, 6) is -1.39. The molecule has 3 heterocycles. The van der Waals surface area contributed by atoms with E-state index in [9.17, 15) is 33.5 Å². The van der Waals surface area contributed by atoms with Crippen molar-refractivity contribution in [3.05, 3.63) is 59.4 Å². The number of phosphoric ester groups is 1. The molecule has 0 saturated carbocycles. The van der Waals surface area contributed by atoms with Crippen LogP contribution in [-0.2, 0) is 48.0 Å². The van der Waals surface area contributed by atoms with Gasteiger partial charge in [-0.3, -0.25) is 24.2 Å². The fourth-order valence-electron chi connectivity index (χ4n) is 5.37. The molecule has 46 heavy (non-hydrogen) atoms. The van der Waals surface area contributed by atoms with Gasteiger partial charge in [0.1, 0.15) is 22.9 Å². The van der Waals surface area contributed by atoms with Crippen LogP contribution >= 0.6 is 7.82 Å². The molecule has 4 N–H and O–H groups in total. The van der Waals surface area contributed by atoms with Crippen LogP contribution < -0.4 is 10.3 Å². The number of hydrogen-bond acceptors (Lipinski definition) is 10. The highest BCUT2D eigenvalue weighted by Gasteiger charge is 2.33. The van der Waals surface area contributed by atoms with E-state index in [1.165, 1.54) is 6.07 Å². The number of benzene rings is 2. The lowest BCUT2D eigenvalue weighted by Crippen LogP contribution is -2.32. The average molecular weight is 652 g/mol. The Morgan fingerprint density at radius 1 is 1.00 bits per heavy atom. The Hall–Kier alpha value is -4.65. The number of aromatic nitrogens is 3. The average Bonchev–Trinajstić information content (AvgIpc) is 3.53. The van der Waals surface area contributed by atoms with Gasteiger partial charge in [-0.25, -0.2) is 19.3 Å². The molecule has 0 aliphatic carbocycles. The number of imide groups is 1. The Kier molecular flexibility index (Phi) is 9.80. The van der Waals surface area contributed by atoms with Gasteiger partial charge in [0, 0.05) is 44.0 Å². The second kappa shape index (κ2) is 13.8. The van der Waals surface area contributed by atoms with Crippen LogP contribution in [0.25, 0.3) is 21.9 Å². The minimum absolute atomic E-state index is 0.0396. The maximum absolute atomic E-state index is 12.7. The number of carbonyl (C=O) groups is 4. The van der Waals surface area contributed by atoms with E-state index in [0.717, 1.165) is 40.6 Å². The number of pyridine rings is 1. The molecule has 2 aromatic carbocycles. The Morgan fingerprint density at radius 2 is 1.74 bits per heavy atom. The maximum atomic E-state index is 12.7. The normalized spacial score (nSPS) is 13.6. The highest BCUT2D eigenvalue weighted by molar-refractivity contribution is 7.46. The van der Waals surface area contributed by atoms with Crippen LogP contribution in [0.3, 0.4) is 0 Å². The largest absolute Gasteiger partial charge is 0.524 e. The second-order valence-electron chi connectivity index (χ2n) is 11.0. The number of para-hydroxylation sites is 1. The van der Waals surface area contributed by atoms with Crippen LogP contribution in [0.5, 0.6) is 5.75 Å². The maximum Gasteiger partial charge on any atom is 0.524 e. The van der Waals surface area contributed by atoms with Crippen LogP contribution in [-0.4, -0.2) is 53.0 Å². The molecule has 2 amide bonds. The molecule has 1 saturated heterocycles. The number of hydroxylamine groups is 2. The van der Waals surface area contributed by atoms with Crippen molar-refractivity contribution >= 4 is 59.1 Å². The van der Waals surface area contributed by atoms with Crippen molar-refractivity contribution in [2.75, 3.05) is 5.73 Å². The van der Waals surface area contributed by atoms with E-state index in [4.69, 9.17) is 20.1 Å². The van der Waals surface area contributed by atoms with E-state index in [1.807, 2.05) is 24.3 Å². The molecular weight excluding hydrogens is 617 g/mol. The summed E-state index contributed by atoms with van der Waals surface area (Å²) in [6.45, 7) is 2.43. The van der Waals surface area contributed by atoms with E-state index in [1.54, 1.807) is 12.1 Å². The van der Waals surface area contributed by atoms with Gasteiger partial charge in [0.25, 0.3) is 11.8 Å². The minimum atomic E-state index is -4.91. The number of Topliss-reactive ketones (excluding diaryl/α,β-unsaturated/α-hetero) is 1. The van der Waals surface area contributed by atoms with Crippen molar-refractivity contribution < 1.29 is 42.9 Å². The van der Waals surface area contributed by atoms with Crippen LogP contribution in [0.15, 0.2) is 42.5 Å². The molecule has 5 rings (SSSR count). The third-order valence-electron chi connectivity index (χ3n) is 7.61. The number of phosphoric acid groups is 1. The summed E-state index contributed by atoms with van der Waals surface area (Å²) in [5.41, 5.74) is 9.61. The molecular formula is C31H34N5O9P. The van der Waals surface area contributed by atoms with Gasteiger partial charge in [0.2, 0.25) is 0 Å². The number of fused-ring (bicyclic) bond motifs is 3. The SMILES string of the molecule is CCCCc1nc2c(N)nc3ccccc3c2n1Cc1ccc(OP(=O)(O)O)c(CCC(=O)CCC(=O)ON2C(=O)CCC2=O)c1. The zero-order valence-electron chi connectivity index (χ0n) is 25.2. The van der Waals surface area contributed by atoms with Crippen molar-refractivity contribution in [3.63, 3.8) is 0 Å². The predicted molar refractivity (Wildman–Crippen MR) is 166 cm³/mol. The molecule has 1 aliphatic rings. The molecule has 0 bridgehead atoms. The molecule has 1 aliphatic heterocycles. The first-order valence-corrected chi connectivity index (χ1v) is 16.4. The molecule has 0 atom stereocenters. The number of unbranched alkanes of at least 4 members (excludes halogenated alkanes) is 1. The monoisotopic (exact) mass is 651 g/mol. The number of anilines is 1. The Bertz CT molecular complexity index is 1870. The number of nitrogen functional groups attached to an aromatic ring is 1. The lowest BCUT2D eigenvalue weighted by Gasteiger charge is -2.15. The van der Waals surface area contributed by atoms with Crippen molar-refractivity contribution in [1.29, 1.82) is 0 Å². The van der Waals surface area contributed by atoms with Crippen LogP contribution in [0.1, 0.15) is 68.8 Å². The Morgan fingerprint density at radius 3 is 2.46 bits per heavy atom. The first kappa shape index (κ1) is 32.7. The first-order chi connectivity index (χ1) is 21.9. The fourth-order valence-corrected chi connectivity index (χ4v) is 5.81. The molecule has 0 unspecified atom stereocenters. The third-order valence-corrected chi connectivity index (χ3v) is 8.04. The number of ketones is 1. The molecule has 0 radical (unpaired) electrons. The summed E-state index contributed by atoms with van der Waals surface area (Å²) < 4.78 is 18.7. The van der Waals surface area contributed by atoms with Crippen molar-refractivity contribution in [1.82, 2.24) is 19.6 Å². The zero-order chi connectivity index (χ0) is 33.0. The van der Waals surface area contributed by atoms with Crippen molar-refractivity contribution in [3.8, 4) is 5.75 Å². The third kappa shape index (κ3) is 7.58. The number of amides is 2. The van der Waals surface area contributed by atoms with Gasteiger partial charge in [-0.1, -0.05) is 43.7 Å². The van der Waals surface area contributed by atoms with E-state index in [-0.39, 0.29) is 50.1 Å². The van der Waals surface area contributed by atoms with Gasteiger partial charge in [-0.05, 0) is 36.1 Å². The van der Waals surface area contributed by atoms with Crippen LogP contribution in [0.2, 0.25) is 0 Å². The van der Waals surface area contributed by atoms with Gasteiger partial charge in [0.15, 0.2) is 5.82 Å². The van der Waals surface area contributed by atoms with Crippen molar-refractivity contribution in [2.45, 2.75) is 71.3 Å². The molecule has 2 aromatic heterocycles. The van der Waals surface area contributed by atoms with Gasteiger partial charge >= 0.3 is 13.8 Å². The van der Waals surface area contributed by atoms with Gasteiger partial charge in [0.05, 0.1) is 17.5 Å². The van der Waals surface area contributed by atoms with Gasteiger partial charge < -0.3 is 19.7 Å². The molecule has 0 spiro atoms. The lowest BCUT2D eigenvalue weighted by atomic mass is 10.0. The summed E-state index contributed by atoms with van der Waals surface area (Å²) in [4.78, 5) is 81.3. The number of imidazole rings is 1. The quantitative estimate of drug-likeness (QED) is 0.131. The zero-order valence-corrected chi connectivity index (χ0v) is 26.1. The second-order valence-corrected chi connectivity index (χ2v) is 12.2. The first-order valence-electron chi connectivity index (χ1n) is 14.9. The number of nitrogens with two attached hydrogens (primary N) is 1. The summed E-state index contributed by atoms with van der Waals surface area (Å²) >= 11 is 0. The van der Waals surface area contributed by atoms with E-state index in [2.05, 4.69) is 16.5 Å². The van der Waals surface area contributed by atoms with E-state index >= 15 is 0 Å². The van der Waals surface area contributed by atoms with Gasteiger partial charge in [-0.15, -0.1) is 5.06 Å². The van der Waals surface area contributed by atoms with E-state index < -0.39 is 25.6 Å². The summed E-state index contributed by atoms with van der Waals surface area (Å²) in [7, 11) is -4.91. The fraction of sp³-hybridized carbons (Fsp3) is 0.355. The summed E-state index contributed by atoms with van der Waals surface area (Å²) in [6, 6.07) is 12.5. The molecule has 1 fully saturated rings. The molecule has 14 nitrogen and oxygen atoms in total. The summed E-state index contributed by atoms with van der Waals surface area (Å²) in [5, 5.41) is 1.31. The predicted octanol–water partition coefficient (Wildman–Crippen LogP) is 3.92. The molecule has 15 heteroatoms. The highest BCUT2D eigenvalue weighted by atomic mass is 31.2. The Balaban J connectivity index is 1.38. The molecule has 242 valence electrons. The number of nitrogens with zero attached hydrogens (tertiary/aromatic N) is 4. The van der Waals surface area contributed by atoms with Crippen molar-refractivity contribution in [2.24, 2.45) is 0 Å². The smallest absolute Gasteiger partial charge is 0.404 e. The number of rotatable bonds is 14. The lowest BCUT2D eigenvalue weighted by molar-refractivity contribution is -0.197.